The molecule has 70 valence electrons. The largest absolute Gasteiger partial charge is 0.314 e. The van der Waals surface area contributed by atoms with Gasteiger partial charge in [0.1, 0.15) is 0 Å². The van der Waals surface area contributed by atoms with E-state index >= 15 is 0 Å². The Morgan fingerprint density at radius 1 is 1.58 bits per heavy atom. The van der Waals surface area contributed by atoms with Crippen molar-refractivity contribution < 1.29 is 8.78 Å². The van der Waals surface area contributed by atoms with Gasteiger partial charge in [0.2, 0.25) is 0 Å². The fraction of sp³-hybridized carbons (Fsp3) is 0.778. The Morgan fingerprint density at radius 3 is 2.83 bits per heavy atom. The highest BCUT2D eigenvalue weighted by atomic mass is 19.3. The number of alkyl halides is 2. The summed E-state index contributed by atoms with van der Waals surface area (Å²) in [6, 6.07) is 0.302. The van der Waals surface area contributed by atoms with Crippen molar-refractivity contribution in [3.8, 4) is 0 Å². The number of nitrogens with one attached hydrogen (secondary N) is 1. The van der Waals surface area contributed by atoms with Gasteiger partial charge >= 0.3 is 0 Å². The second-order valence-corrected chi connectivity index (χ2v) is 3.30. The zero-order chi connectivity index (χ0) is 9.03. The van der Waals surface area contributed by atoms with Crippen molar-refractivity contribution in [3.63, 3.8) is 0 Å². The van der Waals surface area contributed by atoms with Crippen LogP contribution in [-0.2, 0) is 0 Å². The molecule has 12 heavy (non-hydrogen) atoms. The van der Waals surface area contributed by atoms with E-state index in [4.69, 9.17) is 0 Å². The quantitative estimate of drug-likeness (QED) is 0.647. The molecule has 1 aliphatic rings. The van der Waals surface area contributed by atoms with Gasteiger partial charge in [0.25, 0.3) is 5.92 Å². The third-order valence-electron chi connectivity index (χ3n) is 2.29. The van der Waals surface area contributed by atoms with E-state index in [9.17, 15) is 8.78 Å². The van der Waals surface area contributed by atoms with Crippen LogP contribution in [0.4, 0.5) is 8.78 Å². The fourth-order valence-electron chi connectivity index (χ4n) is 1.47. The van der Waals surface area contributed by atoms with E-state index in [-0.39, 0.29) is 6.42 Å². The molecule has 1 aliphatic heterocycles. The molecule has 1 unspecified atom stereocenters. The van der Waals surface area contributed by atoms with Crippen LogP contribution in [0.5, 0.6) is 0 Å². The molecular formula is C9H15F2N. The Morgan fingerprint density at radius 2 is 2.33 bits per heavy atom. The van der Waals surface area contributed by atoms with Crippen LogP contribution in [0.25, 0.3) is 0 Å². The number of halogens is 2. The summed E-state index contributed by atoms with van der Waals surface area (Å²) in [5.41, 5.74) is 0. The lowest BCUT2D eigenvalue weighted by atomic mass is 10.1. The van der Waals surface area contributed by atoms with E-state index in [1.807, 2.05) is 0 Å². The lowest BCUT2D eigenvalue weighted by Gasteiger charge is -2.14. The third-order valence-corrected chi connectivity index (χ3v) is 2.29. The zero-order valence-electron chi connectivity index (χ0n) is 7.15. The molecule has 1 fully saturated rings. The highest BCUT2D eigenvalue weighted by Gasteiger charge is 2.26. The maximum atomic E-state index is 12.7. The first kappa shape index (κ1) is 9.65. The molecule has 0 aromatic heterocycles. The molecule has 0 aromatic rings. The number of hydrogen-bond acceptors (Lipinski definition) is 1. The summed E-state index contributed by atoms with van der Waals surface area (Å²) < 4.78 is 25.3. The molecule has 1 atom stereocenters. The van der Waals surface area contributed by atoms with Crippen LogP contribution in [-0.4, -0.2) is 18.5 Å². The lowest BCUT2D eigenvalue weighted by Crippen LogP contribution is -2.24. The molecule has 1 N–H and O–H groups in total. The van der Waals surface area contributed by atoms with Crippen LogP contribution in [0.1, 0.15) is 25.7 Å². The van der Waals surface area contributed by atoms with E-state index in [0.717, 1.165) is 25.5 Å². The van der Waals surface area contributed by atoms with Crippen LogP contribution >= 0.6 is 0 Å². The first-order valence-corrected chi connectivity index (χ1v) is 4.39. The molecule has 0 aromatic carbocycles. The summed E-state index contributed by atoms with van der Waals surface area (Å²) in [5.74, 6) is -2.68. The lowest BCUT2D eigenvalue weighted by molar-refractivity contribution is 0.0413. The minimum absolute atomic E-state index is 0.0752. The summed E-state index contributed by atoms with van der Waals surface area (Å²) in [6.45, 7) is 4.08. The molecule has 0 bridgehead atoms. The molecule has 0 spiro atoms. The maximum Gasteiger partial charge on any atom is 0.266 e. The summed E-state index contributed by atoms with van der Waals surface area (Å²) in [7, 11) is 0. The van der Waals surface area contributed by atoms with Gasteiger partial charge in [0, 0.05) is 12.5 Å². The fourth-order valence-corrected chi connectivity index (χ4v) is 1.47. The minimum Gasteiger partial charge on any atom is -0.314 e. The van der Waals surface area contributed by atoms with E-state index in [1.165, 1.54) is 0 Å². The normalized spacial score (nSPS) is 24.3. The predicted molar refractivity (Wildman–Crippen MR) is 45.4 cm³/mol. The van der Waals surface area contributed by atoms with Crippen LogP contribution in [0, 0.1) is 0 Å². The van der Waals surface area contributed by atoms with E-state index in [2.05, 4.69) is 11.9 Å². The van der Waals surface area contributed by atoms with Crippen LogP contribution < -0.4 is 5.32 Å². The Hall–Kier alpha value is -0.440. The third kappa shape index (κ3) is 2.89. The van der Waals surface area contributed by atoms with E-state index in [0.29, 0.717) is 12.5 Å². The highest BCUT2D eigenvalue weighted by molar-refractivity contribution is 4.88. The van der Waals surface area contributed by atoms with Crippen LogP contribution in [0.3, 0.4) is 0 Å². The molecule has 1 rings (SSSR count). The second kappa shape index (κ2) is 3.99. The maximum absolute atomic E-state index is 12.7. The van der Waals surface area contributed by atoms with Crippen molar-refractivity contribution in [2.24, 2.45) is 0 Å². The van der Waals surface area contributed by atoms with Crippen molar-refractivity contribution in [2.75, 3.05) is 6.54 Å². The molecule has 0 aliphatic carbocycles. The smallest absolute Gasteiger partial charge is 0.266 e. The zero-order valence-corrected chi connectivity index (χ0v) is 7.15. The Labute approximate surface area is 71.8 Å². The average Bonchev–Trinajstić information content (AvgIpc) is 2.53. The number of allylic oxidation sites excluding steroid dienone is 1. The van der Waals surface area contributed by atoms with Gasteiger partial charge in [-0.3, -0.25) is 0 Å². The van der Waals surface area contributed by atoms with Gasteiger partial charge in [-0.05, 0) is 31.9 Å². The molecule has 0 saturated carbocycles. The molecule has 3 heteroatoms. The topological polar surface area (TPSA) is 12.0 Å². The minimum atomic E-state index is -2.68. The molecule has 1 nitrogen and oxygen atoms in total. The summed E-state index contributed by atoms with van der Waals surface area (Å²) in [5, 5.41) is 3.19. The van der Waals surface area contributed by atoms with Crippen LogP contribution in [0.15, 0.2) is 12.7 Å². The van der Waals surface area contributed by atoms with Gasteiger partial charge in [0.15, 0.2) is 0 Å². The first-order valence-electron chi connectivity index (χ1n) is 4.39. The van der Waals surface area contributed by atoms with Gasteiger partial charge in [-0.25, -0.2) is 8.78 Å². The molecule has 1 heterocycles. The van der Waals surface area contributed by atoms with Crippen LogP contribution in [0.2, 0.25) is 0 Å². The first-order chi connectivity index (χ1) is 5.64. The Kier molecular flexibility index (Phi) is 3.20. The summed E-state index contributed by atoms with van der Waals surface area (Å²) in [6.07, 6.45) is 3.37. The number of hydrogen-bond donors (Lipinski definition) is 1. The van der Waals surface area contributed by atoms with Gasteiger partial charge in [-0.2, -0.15) is 0 Å². The summed E-state index contributed by atoms with van der Waals surface area (Å²) in [4.78, 5) is 0. The molecule has 1 saturated heterocycles. The van der Waals surface area contributed by atoms with E-state index in [1.54, 1.807) is 0 Å². The van der Waals surface area contributed by atoms with E-state index < -0.39 is 5.92 Å². The van der Waals surface area contributed by atoms with Gasteiger partial charge in [-0.15, -0.1) is 0 Å². The molecule has 0 radical (unpaired) electrons. The van der Waals surface area contributed by atoms with Gasteiger partial charge in [0.05, 0.1) is 0 Å². The van der Waals surface area contributed by atoms with Crippen molar-refractivity contribution in [2.45, 2.75) is 37.6 Å². The molecular weight excluding hydrogens is 160 g/mol. The monoisotopic (exact) mass is 175 g/mol. The Balaban J connectivity index is 2.19. The van der Waals surface area contributed by atoms with Crippen molar-refractivity contribution in [1.29, 1.82) is 0 Å². The number of rotatable bonds is 4. The van der Waals surface area contributed by atoms with Gasteiger partial charge < -0.3 is 5.32 Å². The Bertz CT molecular complexity index is 151. The van der Waals surface area contributed by atoms with Gasteiger partial charge in [-0.1, -0.05) is 6.58 Å². The van der Waals surface area contributed by atoms with Crippen molar-refractivity contribution >= 4 is 0 Å². The SMILES string of the molecule is C=CC(F)(F)CCC1CCCN1. The molecule has 0 amide bonds. The summed E-state index contributed by atoms with van der Waals surface area (Å²) >= 11 is 0. The average molecular weight is 175 g/mol. The standard InChI is InChI=1S/C9H15F2N/c1-2-9(10,11)6-5-8-4-3-7-12-8/h2,8,12H,1,3-7H2. The van der Waals surface area contributed by atoms with Crippen molar-refractivity contribution in [3.05, 3.63) is 12.7 Å². The predicted octanol–water partition coefficient (Wildman–Crippen LogP) is 2.34. The second-order valence-electron chi connectivity index (χ2n) is 3.30. The van der Waals surface area contributed by atoms with Crippen molar-refractivity contribution in [1.82, 2.24) is 5.32 Å². The highest BCUT2D eigenvalue weighted by Crippen LogP contribution is 2.23.